The van der Waals surface area contributed by atoms with Crippen molar-refractivity contribution in [3.63, 3.8) is 0 Å². The molecule has 3 amide bonds. The minimum atomic E-state index is -1.07. The van der Waals surface area contributed by atoms with Crippen LogP contribution in [0.5, 0.6) is 11.5 Å². The Hall–Kier alpha value is -4.33. The Labute approximate surface area is 308 Å². The molecule has 7 rings (SSSR count). The molecule has 3 aromatic carbocycles. The molecule has 0 bridgehead atoms. The van der Waals surface area contributed by atoms with Crippen LogP contribution in [0, 0.1) is 22.7 Å². The summed E-state index contributed by atoms with van der Waals surface area (Å²) in [7, 11) is 0. The van der Waals surface area contributed by atoms with Crippen molar-refractivity contribution in [2.75, 3.05) is 13.2 Å². The minimum absolute atomic E-state index is 0.0678. The fourth-order valence-electron chi connectivity index (χ4n) is 11.1. The van der Waals surface area contributed by atoms with E-state index in [9.17, 15) is 14.4 Å². The highest BCUT2D eigenvalue weighted by atomic mass is 16.5. The molecule has 2 fully saturated rings. The van der Waals surface area contributed by atoms with Crippen LogP contribution in [-0.2, 0) is 39.9 Å². The molecular weight excluding hydrogens is 652 g/mol. The molecule has 3 N–H and O–H groups in total. The second-order valence-electron chi connectivity index (χ2n) is 16.8. The molecule has 4 aliphatic carbocycles. The van der Waals surface area contributed by atoms with Gasteiger partial charge in [0.25, 0.3) is 0 Å². The number of imide groups is 1. The van der Waals surface area contributed by atoms with Gasteiger partial charge in [0.15, 0.2) is 0 Å². The first kappa shape index (κ1) is 36.0. The zero-order chi connectivity index (χ0) is 36.7. The SMILES string of the molecule is C[C@]1(C(=O)NC(=O)[C@@]2(C)CCC[C@]3(C)c4cc(OCc5ccccc5)ccc4CC[C@@H]23)CCC[C@]2(C)c3cc(OCCNC(=O)O)ccc3CC[C@@H]12. The van der Waals surface area contributed by atoms with Crippen LogP contribution >= 0.6 is 0 Å². The number of aryl methyl sites for hydroxylation is 2. The van der Waals surface area contributed by atoms with Crippen molar-refractivity contribution in [2.24, 2.45) is 22.7 Å². The van der Waals surface area contributed by atoms with E-state index in [2.05, 4.69) is 80.8 Å². The van der Waals surface area contributed by atoms with Gasteiger partial charge in [0, 0.05) is 0 Å². The van der Waals surface area contributed by atoms with Crippen LogP contribution in [0.1, 0.15) is 107 Å². The number of amides is 3. The standard InChI is InChI=1S/C44H54N2O6/c1-41-20-8-22-43(3,36(41)18-14-30-12-16-32(26-34(30)41)51-25-24-45-40(49)50)38(47)46-39(48)44(4)23-9-21-42(2)35-27-33(17-13-31(35)15-19-37(42)44)52-28-29-10-6-5-7-11-29/h5-7,10-13,16-17,26-27,36-37,45H,8-9,14-15,18-25,28H2,1-4H3,(H,49,50)(H,46,47,48)/t36-,37-,41-,42-,43+,44+/m1/s1. The summed E-state index contributed by atoms with van der Waals surface area (Å²) in [5.74, 6) is 1.48. The van der Waals surface area contributed by atoms with Gasteiger partial charge in [-0.05, 0) is 126 Å². The number of ether oxygens (including phenoxy) is 2. The smallest absolute Gasteiger partial charge is 0.404 e. The van der Waals surface area contributed by atoms with Crippen LogP contribution < -0.4 is 20.1 Å². The molecule has 0 aromatic heterocycles. The third-order valence-electron chi connectivity index (χ3n) is 13.8. The lowest BCUT2D eigenvalue weighted by molar-refractivity contribution is -0.150. The van der Waals surface area contributed by atoms with Crippen LogP contribution in [0.3, 0.4) is 0 Å². The fraction of sp³-hybridized carbons (Fsp3) is 0.523. The molecule has 6 atom stereocenters. The van der Waals surface area contributed by atoms with E-state index >= 15 is 0 Å². The van der Waals surface area contributed by atoms with Gasteiger partial charge >= 0.3 is 6.09 Å². The maximum Gasteiger partial charge on any atom is 0.404 e. The Morgan fingerprint density at radius 3 is 1.75 bits per heavy atom. The van der Waals surface area contributed by atoms with Crippen molar-refractivity contribution in [1.29, 1.82) is 0 Å². The Kier molecular flexibility index (Phi) is 9.64. The number of nitrogens with one attached hydrogen (secondary N) is 2. The summed E-state index contributed by atoms with van der Waals surface area (Å²) >= 11 is 0. The number of hydrogen-bond acceptors (Lipinski definition) is 5. The van der Waals surface area contributed by atoms with Gasteiger partial charge in [0.1, 0.15) is 24.7 Å². The molecule has 2 saturated carbocycles. The number of rotatable bonds is 9. The van der Waals surface area contributed by atoms with E-state index in [-0.39, 0.29) is 47.6 Å². The van der Waals surface area contributed by atoms with E-state index in [0.29, 0.717) is 12.4 Å². The molecule has 3 aromatic rings. The molecule has 0 heterocycles. The molecular formula is C44H54N2O6. The first-order valence-corrected chi connectivity index (χ1v) is 19.3. The first-order chi connectivity index (χ1) is 24.9. The fourth-order valence-corrected chi connectivity index (χ4v) is 11.1. The molecule has 4 aliphatic rings. The van der Waals surface area contributed by atoms with Crippen molar-refractivity contribution < 1.29 is 29.0 Å². The summed E-state index contributed by atoms with van der Waals surface area (Å²) in [5.41, 5.74) is 4.42. The Bertz CT molecular complexity index is 1840. The summed E-state index contributed by atoms with van der Waals surface area (Å²) in [6, 6.07) is 22.9. The van der Waals surface area contributed by atoms with E-state index in [1.807, 2.05) is 24.3 Å². The van der Waals surface area contributed by atoms with E-state index < -0.39 is 16.9 Å². The molecule has 276 valence electrons. The maximum absolute atomic E-state index is 14.6. The lowest BCUT2D eigenvalue weighted by atomic mass is 9.49. The molecule has 0 spiro atoms. The highest BCUT2D eigenvalue weighted by Gasteiger charge is 2.58. The quantitative estimate of drug-likeness (QED) is 0.153. The molecule has 0 radical (unpaired) electrons. The molecule has 52 heavy (non-hydrogen) atoms. The van der Waals surface area contributed by atoms with Crippen molar-refractivity contribution >= 4 is 17.9 Å². The van der Waals surface area contributed by atoms with Gasteiger partial charge in [-0.25, -0.2) is 4.79 Å². The van der Waals surface area contributed by atoms with E-state index in [1.165, 1.54) is 22.3 Å². The summed E-state index contributed by atoms with van der Waals surface area (Å²) in [6.07, 6.45) is 7.78. The predicted molar refractivity (Wildman–Crippen MR) is 201 cm³/mol. The number of carbonyl (C=O) groups excluding carboxylic acids is 2. The van der Waals surface area contributed by atoms with Gasteiger partial charge in [0.2, 0.25) is 11.8 Å². The molecule has 8 heteroatoms. The van der Waals surface area contributed by atoms with Crippen molar-refractivity contribution in [3.8, 4) is 11.5 Å². The first-order valence-electron chi connectivity index (χ1n) is 19.3. The predicted octanol–water partition coefficient (Wildman–Crippen LogP) is 8.28. The van der Waals surface area contributed by atoms with Gasteiger partial charge in [-0.1, -0.05) is 83.0 Å². The second kappa shape index (κ2) is 13.9. The zero-order valence-corrected chi connectivity index (χ0v) is 31.2. The third kappa shape index (κ3) is 6.36. The molecule has 0 saturated heterocycles. The molecule has 0 unspecified atom stereocenters. The Morgan fingerprint density at radius 1 is 0.712 bits per heavy atom. The third-order valence-corrected chi connectivity index (χ3v) is 13.8. The minimum Gasteiger partial charge on any atom is -0.492 e. The Morgan fingerprint density at radius 2 is 1.23 bits per heavy atom. The number of carbonyl (C=O) groups is 3. The Balaban J connectivity index is 1.08. The van der Waals surface area contributed by atoms with Crippen LogP contribution in [-0.4, -0.2) is 36.2 Å². The highest BCUT2D eigenvalue weighted by Crippen LogP contribution is 2.60. The average molecular weight is 707 g/mol. The second-order valence-corrected chi connectivity index (χ2v) is 16.8. The van der Waals surface area contributed by atoms with Crippen molar-refractivity contribution in [2.45, 2.75) is 109 Å². The van der Waals surface area contributed by atoms with Gasteiger partial charge in [-0.15, -0.1) is 0 Å². The monoisotopic (exact) mass is 706 g/mol. The van der Waals surface area contributed by atoms with E-state index in [4.69, 9.17) is 14.6 Å². The van der Waals surface area contributed by atoms with Crippen molar-refractivity contribution in [3.05, 3.63) is 94.5 Å². The van der Waals surface area contributed by atoms with Crippen molar-refractivity contribution in [1.82, 2.24) is 10.6 Å². The maximum atomic E-state index is 14.6. The largest absolute Gasteiger partial charge is 0.492 e. The van der Waals surface area contributed by atoms with Crippen LogP contribution in [0.25, 0.3) is 0 Å². The average Bonchev–Trinajstić information content (AvgIpc) is 3.13. The summed E-state index contributed by atoms with van der Waals surface area (Å²) in [6.45, 7) is 9.75. The number of carboxylic acid groups (broad SMARTS) is 1. The normalized spacial score (nSPS) is 30.4. The topological polar surface area (TPSA) is 114 Å². The van der Waals surface area contributed by atoms with Crippen LogP contribution in [0.15, 0.2) is 66.7 Å². The van der Waals surface area contributed by atoms with Crippen LogP contribution in [0.2, 0.25) is 0 Å². The number of benzene rings is 3. The zero-order valence-electron chi connectivity index (χ0n) is 31.2. The van der Waals surface area contributed by atoms with Gasteiger partial charge in [0.05, 0.1) is 17.4 Å². The molecule has 8 nitrogen and oxygen atoms in total. The lowest BCUT2D eigenvalue weighted by Gasteiger charge is -2.56. The van der Waals surface area contributed by atoms with E-state index in [0.717, 1.165) is 75.5 Å². The molecule has 0 aliphatic heterocycles. The summed E-state index contributed by atoms with van der Waals surface area (Å²) < 4.78 is 12.2. The van der Waals surface area contributed by atoms with Gasteiger partial charge < -0.3 is 19.9 Å². The lowest BCUT2D eigenvalue weighted by Crippen LogP contribution is -2.60. The van der Waals surface area contributed by atoms with Crippen LogP contribution in [0.4, 0.5) is 4.79 Å². The van der Waals surface area contributed by atoms with Gasteiger partial charge in [-0.2, -0.15) is 0 Å². The summed E-state index contributed by atoms with van der Waals surface area (Å²) in [5, 5.41) is 14.3. The number of fused-ring (bicyclic) bond motifs is 6. The number of hydrogen-bond donors (Lipinski definition) is 3. The highest BCUT2D eigenvalue weighted by molar-refractivity contribution is 6.00. The van der Waals surface area contributed by atoms with E-state index in [1.54, 1.807) is 0 Å². The van der Waals surface area contributed by atoms with Gasteiger partial charge in [-0.3, -0.25) is 14.9 Å². The summed E-state index contributed by atoms with van der Waals surface area (Å²) in [4.78, 5) is 40.0.